The van der Waals surface area contributed by atoms with Crippen LogP contribution < -0.4 is 5.32 Å². The number of aryl methyl sites for hydroxylation is 1. The van der Waals surface area contributed by atoms with Crippen molar-refractivity contribution in [2.75, 3.05) is 31.5 Å². The number of hydrogen-bond donors (Lipinski definition) is 1. The van der Waals surface area contributed by atoms with Crippen molar-refractivity contribution in [3.63, 3.8) is 0 Å². The fourth-order valence-corrected chi connectivity index (χ4v) is 3.68. The molecule has 1 atom stereocenters. The first kappa shape index (κ1) is 19.1. The average Bonchev–Trinajstić information content (AvgIpc) is 2.71. The number of halogens is 1. The highest BCUT2D eigenvalue weighted by molar-refractivity contribution is 9.10. The summed E-state index contributed by atoms with van der Waals surface area (Å²) in [5.74, 6) is 0.623. The summed E-state index contributed by atoms with van der Waals surface area (Å²) in [5.41, 5.74) is 0.547. The average molecular weight is 425 g/mol. The van der Waals surface area contributed by atoms with Gasteiger partial charge >= 0.3 is 6.09 Å². The second-order valence-corrected chi connectivity index (χ2v) is 8.62. The Kier molecular flexibility index (Phi) is 5.53. The van der Waals surface area contributed by atoms with Crippen molar-refractivity contribution in [1.29, 1.82) is 0 Å². The van der Waals surface area contributed by atoms with Crippen LogP contribution in [-0.4, -0.2) is 64.6 Å². The van der Waals surface area contributed by atoms with E-state index < -0.39 is 5.60 Å². The third-order valence-corrected chi connectivity index (χ3v) is 5.01. The predicted molar refractivity (Wildman–Crippen MR) is 102 cm³/mol. The first-order chi connectivity index (χ1) is 12.2. The molecule has 26 heavy (non-hydrogen) atoms. The molecule has 1 saturated heterocycles. The minimum atomic E-state index is -0.498. The number of carbonyl (C=O) groups is 2. The summed E-state index contributed by atoms with van der Waals surface area (Å²) in [6.07, 6.45) is 2.93. The zero-order valence-corrected chi connectivity index (χ0v) is 17.0. The fourth-order valence-electron chi connectivity index (χ4n) is 3.30. The van der Waals surface area contributed by atoms with Crippen molar-refractivity contribution in [3.05, 3.63) is 22.3 Å². The molecule has 3 rings (SSSR count). The molecule has 0 aromatic carbocycles. The molecule has 2 amide bonds. The first-order valence-corrected chi connectivity index (χ1v) is 9.69. The molecule has 0 radical (unpaired) electrons. The second-order valence-electron chi connectivity index (χ2n) is 7.71. The maximum atomic E-state index is 12.7. The molecule has 0 unspecified atom stereocenters. The number of aromatic nitrogens is 1. The summed E-state index contributed by atoms with van der Waals surface area (Å²) in [7, 11) is 0. The SMILES string of the molecule is CC(C)(C)OC(=O)N1CCN([C@H]2CCc3cc(Br)cnc3NC2=O)CC1. The van der Waals surface area contributed by atoms with Crippen LogP contribution in [0.2, 0.25) is 0 Å². The van der Waals surface area contributed by atoms with Crippen molar-refractivity contribution in [2.45, 2.75) is 45.3 Å². The molecule has 2 aliphatic heterocycles. The topological polar surface area (TPSA) is 74.8 Å². The van der Waals surface area contributed by atoms with Crippen molar-refractivity contribution in [1.82, 2.24) is 14.8 Å². The summed E-state index contributed by atoms with van der Waals surface area (Å²) >= 11 is 3.43. The highest BCUT2D eigenvalue weighted by Gasteiger charge is 2.33. The van der Waals surface area contributed by atoms with E-state index in [0.29, 0.717) is 32.0 Å². The molecular formula is C18H25BrN4O3. The lowest BCUT2D eigenvalue weighted by Crippen LogP contribution is -2.55. The van der Waals surface area contributed by atoms with Gasteiger partial charge in [0.05, 0.1) is 6.04 Å². The van der Waals surface area contributed by atoms with E-state index in [0.717, 1.165) is 22.9 Å². The Balaban J connectivity index is 1.60. The van der Waals surface area contributed by atoms with Crippen LogP contribution in [0.1, 0.15) is 32.8 Å². The van der Waals surface area contributed by atoms with Gasteiger partial charge < -0.3 is 15.0 Å². The molecule has 8 heteroatoms. The van der Waals surface area contributed by atoms with Gasteiger partial charge in [0.1, 0.15) is 11.4 Å². The zero-order valence-electron chi connectivity index (χ0n) is 15.4. The lowest BCUT2D eigenvalue weighted by molar-refractivity contribution is -0.122. The maximum Gasteiger partial charge on any atom is 0.410 e. The minimum absolute atomic E-state index is 0.0238. The van der Waals surface area contributed by atoms with E-state index in [1.165, 1.54) is 0 Å². The number of nitrogens with one attached hydrogen (secondary N) is 1. The lowest BCUT2D eigenvalue weighted by atomic mass is 10.1. The van der Waals surface area contributed by atoms with Crippen LogP contribution >= 0.6 is 15.9 Å². The van der Waals surface area contributed by atoms with Crippen LogP contribution in [-0.2, 0) is 16.0 Å². The van der Waals surface area contributed by atoms with E-state index in [-0.39, 0.29) is 18.0 Å². The van der Waals surface area contributed by atoms with Crippen LogP contribution in [0, 0.1) is 0 Å². The standard InChI is InChI=1S/C18H25BrN4O3/c1-18(2,3)26-17(25)23-8-6-22(7-9-23)14-5-4-12-10-13(19)11-20-15(12)21-16(14)24/h10-11,14H,4-9H2,1-3H3,(H,20,21,24)/t14-/m0/s1. The molecule has 0 bridgehead atoms. The Hall–Kier alpha value is -1.67. The van der Waals surface area contributed by atoms with Crippen LogP contribution in [0.3, 0.4) is 0 Å². The molecule has 1 fully saturated rings. The smallest absolute Gasteiger partial charge is 0.410 e. The predicted octanol–water partition coefficient (Wildman–Crippen LogP) is 2.65. The van der Waals surface area contributed by atoms with Crippen molar-refractivity contribution < 1.29 is 14.3 Å². The maximum absolute atomic E-state index is 12.7. The Labute approximate surface area is 162 Å². The summed E-state index contributed by atoms with van der Waals surface area (Å²) < 4.78 is 6.34. The van der Waals surface area contributed by atoms with Crippen molar-refractivity contribution >= 4 is 33.7 Å². The number of carbonyl (C=O) groups excluding carboxylic acids is 2. The second kappa shape index (κ2) is 7.52. The van der Waals surface area contributed by atoms with E-state index >= 15 is 0 Å². The highest BCUT2D eigenvalue weighted by atomic mass is 79.9. The number of amides is 2. The van der Waals surface area contributed by atoms with E-state index in [9.17, 15) is 9.59 Å². The van der Waals surface area contributed by atoms with E-state index in [1.54, 1.807) is 11.1 Å². The third kappa shape index (κ3) is 4.54. The molecule has 0 spiro atoms. The van der Waals surface area contributed by atoms with Gasteiger partial charge in [-0.2, -0.15) is 0 Å². The number of anilines is 1. The minimum Gasteiger partial charge on any atom is -0.444 e. The van der Waals surface area contributed by atoms with Gasteiger partial charge in [0.2, 0.25) is 5.91 Å². The molecular weight excluding hydrogens is 400 g/mol. The van der Waals surface area contributed by atoms with Crippen LogP contribution in [0.5, 0.6) is 0 Å². The highest BCUT2D eigenvalue weighted by Crippen LogP contribution is 2.25. The Morgan fingerprint density at radius 1 is 1.31 bits per heavy atom. The number of ether oxygens (including phenoxy) is 1. The van der Waals surface area contributed by atoms with E-state index in [2.05, 4.69) is 31.1 Å². The summed E-state index contributed by atoms with van der Waals surface area (Å²) in [6.45, 7) is 8.03. The number of fused-ring (bicyclic) bond motifs is 1. The molecule has 7 nitrogen and oxygen atoms in total. The molecule has 1 N–H and O–H groups in total. The molecule has 1 aromatic heterocycles. The number of hydrogen-bond acceptors (Lipinski definition) is 5. The molecule has 2 aliphatic rings. The molecule has 0 aliphatic carbocycles. The van der Waals surface area contributed by atoms with E-state index in [1.807, 2.05) is 26.8 Å². The third-order valence-electron chi connectivity index (χ3n) is 4.57. The molecule has 3 heterocycles. The summed E-state index contributed by atoms with van der Waals surface area (Å²) in [4.78, 5) is 33.0. The molecule has 1 aromatic rings. The van der Waals surface area contributed by atoms with Gasteiger partial charge in [-0.25, -0.2) is 9.78 Å². The largest absolute Gasteiger partial charge is 0.444 e. The Morgan fingerprint density at radius 3 is 2.65 bits per heavy atom. The monoisotopic (exact) mass is 424 g/mol. The van der Waals surface area contributed by atoms with Crippen LogP contribution in [0.25, 0.3) is 0 Å². The van der Waals surface area contributed by atoms with Crippen molar-refractivity contribution in [2.24, 2.45) is 0 Å². The van der Waals surface area contributed by atoms with Gasteiger partial charge in [-0.1, -0.05) is 0 Å². The number of piperazine rings is 1. The Bertz CT molecular complexity index is 696. The van der Waals surface area contributed by atoms with Gasteiger partial charge in [0.25, 0.3) is 0 Å². The zero-order chi connectivity index (χ0) is 18.9. The van der Waals surface area contributed by atoms with E-state index in [4.69, 9.17) is 4.74 Å². The summed E-state index contributed by atoms with van der Waals surface area (Å²) in [5, 5.41) is 2.94. The lowest BCUT2D eigenvalue weighted by Gasteiger charge is -2.38. The normalized spacial score (nSPS) is 21.6. The number of nitrogens with zero attached hydrogens (tertiary/aromatic N) is 3. The van der Waals surface area contributed by atoms with Gasteiger partial charge in [0, 0.05) is 36.8 Å². The van der Waals surface area contributed by atoms with Gasteiger partial charge in [-0.15, -0.1) is 0 Å². The van der Waals surface area contributed by atoms with Crippen molar-refractivity contribution in [3.8, 4) is 0 Å². The van der Waals surface area contributed by atoms with Gasteiger partial charge in [-0.05, 0) is 61.2 Å². The van der Waals surface area contributed by atoms with Gasteiger partial charge in [0.15, 0.2) is 0 Å². The number of rotatable bonds is 1. The van der Waals surface area contributed by atoms with Crippen LogP contribution in [0.15, 0.2) is 16.7 Å². The molecule has 142 valence electrons. The fraction of sp³-hybridized carbons (Fsp3) is 0.611. The first-order valence-electron chi connectivity index (χ1n) is 8.90. The Morgan fingerprint density at radius 2 is 2.00 bits per heavy atom. The molecule has 0 saturated carbocycles. The van der Waals surface area contributed by atoms with Crippen LogP contribution in [0.4, 0.5) is 10.6 Å². The summed E-state index contributed by atoms with van der Waals surface area (Å²) in [6, 6.07) is 1.80. The van der Waals surface area contributed by atoms with Gasteiger partial charge in [-0.3, -0.25) is 9.69 Å². The quantitative estimate of drug-likeness (QED) is 0.749. The number of pyridine rings is 1.